The monoisotopic (exact) mass is 203 g/mol. The van der Waals surface area contributed by atoms with Crippen molar-refractivity contribution in [2.45, 2.75) is 51.4 Å². The molecule has 3 heteroatoms. The molecule has 0 aromatic heterocycles. The van der Waals surface area contributed by atoms with Gasteiger partial charge in [-0.1, -0.05) is 12.8 Å². The quantitative estimate of drug-likeness (QED) is 0.568. The molecular weight excluding hydrogens is 186 g/mol. The zero-order valence-electron chi connectivity index (χ0n) is 9.08. The highest BCUT2D eigenvalue weighted by atomic mass is 14.3. The Bertz CT molecular complexity index is 264. The van der Waals surface area contributed by atoms with Gasteiger partial charge in [0, 0.05) is 18.8 Å². The summed E-state index contributed by atoms with van der Waals surface area (Å²) in [6.45, 7) is 0. The fourth-order valence-electron chi connectivity index (χ4n) is 1.47. The Labute approximate surface area is 91.9 Å². The van der Waals surface area contributed by atoms with Crippen LogP contribution in [0.3, 0.4) is 0 Å². The molecular formula is C12H17N3. The summed E-state index contributed by atoms with van der Waals surface area (Å²) in [6, 6.07) is 6.47. The lowest BCUT2D eigenvalue weighted by Crippen LogP contribution is -1.97. The molecule has 0 aliphatic carbocycles. The molecule has 0 aromatic rings. The summed E-state index contributed by atoms with van der Waals surface area (Å²) in [6.07, 6.45) is 6.73. The Morgan fingerprint density at radius 1 is 0.733 bits per heavy atom. The van der Waals surface area contributed by atoms with Crippen LogP contribution < -0.4 is 0 Å². The van der Waals surface area contributed by atoms with E-state index in [4.69, 9.17) is 15.8 Å². The zero-order valence-corrected chi connectivity index (χ0v) is 9.08. The Morgan fingerprint density at radius 3 is 1.93 bits per heavy atom. The van der Waals surface area contributed by atoms with Crippen molar-refractivity contribution in [2.24, 2.45) is 5.92 Å². The van der Waals surface area contributed by atoms with Gasteiger partial charge in [-0.3, -0.25) is 0 Å². The number of nitrogens with zero attached hydrogens (tertiary/aromatic N) is 3. The molecule has 0 rings (SSSR count). The molecule has 0 N–H and O–H groups in total. The van der Waals surface area contributed by atoms with Crippen LogP contribution >= 0.6 is 0 Å². The summed E-state index contributed by atoms with van der Waals surface area (Å²) in [5.74, 6) is 0.0976. The van der Waals surface area contributed by atoms with Crippen molar-refractivity contribution in [2.75, 3.05) is 0 Å². The maximum absolute atomic E-state index is 8.84. The summed E-state index contributed by atoms with van der Waals surface area (Å²) in [4.78, 5) is 0. The molecule has 0 aromatic carbocycles. The molecule has 0 heterocycles. The third-order valence-corrected chi connectivity index (χ3v) is 2.36. The lowest BCUT2D eigenvalue weighted by molar-refractivity contribution is 0.501. The molecule has 0 saturated heterocycles. The van der Waals surface area contributed by atoms with Gasteiger partial charge in [0.15, 0.2) is 0 Å². The van der Waals surface area contributed by atoms with E-state index in [1.807, 2.05) is 0 Å². The third kappa shape index (κ3) is 8.79. The van der Waals surface area contributed by atoms with Gasteiger partial charge in [0.25, 0.3) is 0 Å². The minimum absolute atomic E-state index is 0.0976. The van der Waals surface area contributed by atoms with Crippen LogP contribution in [0.2, 0.25) is 0 Å². The van der Waals surface area contributed by atoms with E-state index >= 15 is 0 Å². The predicted molar refractivity (Wildman–Crippen MR) is 57.3 cm³/mol. The summed E-state index contributed by atoms with van der Waals surface area (Å²) < 4.78 is 0. The summed E-state index contributed by atoms with van der Waals surface area (Å²) in [5.41, 5.74) is 0. The van der Waals surface area contributed by atoms with Gasteiger partial charge in [-0.2, -0.15) is 15.8 Å². The zero-order chi connectivity index (χ0) is 11.4. The van der Waals surface area contributed by atoms with E-state index in [9.17, 15) is 0 Å². The smallest absolute Gasteiger partial charge is 0.0655 e. The van der Waals surface area contributed by atoms with Crippen molar-refractivity contribution in [3.8, 4) is 18.2 Å². The lowest BCUT2D eigenvalue weighted by Gasteiger charge is -2.06. The highest BCUT2D eigenvalue weighted by Crippen LogP contribution is 2.16. The first-order valence-electron chi connectivity index (χ1n) is 5.48. The molecule has 0 fully saturated rings. The minimum atomic E-state index is 0.0976. The third-order valence-electron chi connectivity index (χ3n) is 2.36. The first-order valence-corrected chi connectivity index (χ1v) is 5.48. The molecule has 0 saturated carbocycles. The van der Waals surface area contributed by atoms with Crippen molar-refractivity contribution in [1.82, 2.24) is 0 Å². The van der Waals surface area contributed by atoms with E-state index in [-0.39, 0.29) is 5.92 Å². The topological polar surface area (TPSA) is 71.4 Å². The average molecular weight is 203 g/mol. The fraction of sp³-hybridized carbons (Fsp3) is 0.750. The molecule has 0 radical (unpaired) electrons. The molecule has 1 atom stereocenters. The molecule has 80 valence electrons. The van der Waals surface area contributed by atoms with Crippen molar-refractivity contribution < 1.29 is 0 Å². The first kappa shape index (κ1) is 13.5. The van der Waals surface area contributed by atoms with E-state index in [0.29, 0.717) is 12.8 Å². The SMILES string of the molecule is N#CCCCCCC(C#N)CCCC#N. The van der Waals surface area contributed by atoms with Gasteiger partial charge < -0.3 is 0 Å². The van der Waals surface area contributed by atoms with Crippen molar-refractivity contribution in [1.29, 1.82) is 15.8 Å². The Hall–Kier alpha value is -1.53. The summed E-state index contributed by atoms with van der Waals surface area (Å²) in [7, 11) is 0. The Morgan fingerprint density at radius 2 is 1.33 bits per heavy atom. The maximum atomic E-state index is 8.84. The van der Waals surface area contributed by atoms with Crippen LogP contribution in [0, 0.1) is 39.9 Å². The molecule has 0 spiro atoms. The highest BCUT2D eigenvalue weighted by Gasteiger charge is 2.06. The van der Waals surface area contributed by atoms with Crippen molar-refractivity contribution in [3.05, 3.63) is 0 Å². The second-order valence-corrected chi connectivity index (χ2v) is 3.63. The fourth-order valence-corrected chi connectivity index (χ4v) is 1.47. The van der Waals surface area contributed by atoms with Crippen LogP contribution in [-0.2, 0) is 0 Å². The van der Waals surface area contributed by atoms with Crippen LogP contribution in [-0.4, -0.2) is 0 Å². The lowest BCUT2D eigenvalue weighted by atomic mass is 9.97. The summed E-state index contributed by atoms with van der Waals surface area (Å²) >= 11 is 0. The standard InChI is InChI=1S/C12H17N3/c13-9-5-2-1-3-7-12(11-15)8-4-6-10-14/h12H,1-8H2. The van der Waals surface area contributed by atoms with Gasteiger partial charge in [0.05, 0.1) is 18.2 Å². The minimum Gasteiger partial charge on any atom is -0.198 e. The normalized spacial score (nSPS) is 11.0. The second kappa shape index (κ2) is 10.6. The highest BCUT2D eigenvalue weighted by molar-refractivity contribution is 4.83. The van der Waals surface area contributed by atoms with E-state index in [2.05, 4.69) is 18.2 Å². The predicted octanol–water partition coefficient (Wildman–Crippen LogP) is 3.29. The molecule has 0 bridgehead atoms. The molecule has 0 amide bonds. The van der Waals surface area contributed by atoms with Gasteiger partial charge >= 0.3 is 0 Å². The van der Waals surface area contributed by atoms with Crippen LogP contribution in [0.15, 0.2) is 0 Å². The summed E-state index contributed by atoms with van der Waals surface area (Å²) in [5, 5.41) is 25.5. The van der Waals surface area contributed by atoms with Gasteiger partial charge in [-0.15, -0.1) is 0 Å². The number of hydrogen-bond donors (Lipinski definition) is 0. The second-order valence-electron chi connectivity index (χ2n) is 3.63. The van der Waals surface area contributed by atoms with E-state index < -0.39 is 0 Å². The largest absolute Gasteiger partial charge is 0.198 e. The van der Waals surface area contributed by atoms with Gasteiger partial charge in [-0.25, -0.2) is 0 Å². The van der Waals surface area contributed by atoms with E-state index in [0.717, 1.165) is 38.5 Å². The molecule has 15 heavy (non-hydrogen) atoms. The Balaban J connectivity index is 3.43. The van der Waals surface area contributed by atoms with Gasteiger partial charge in [0.2, 0.25) is 0 Å². The van der Waals surface area contributed by atoms with Crippen LogP contribution in [0.1, 0.15) is 51.4 Å². The van der Waals surface area contributed by atoms with Crippen LogP contribution in [0.4, 0.5) is 0 Å². The van der Waals surface area contributed by atoms with Crippen molar-refractivity contribution in [3.63, 3.8) is 0 Å². The Kier molecular flexibility index (Phi) is 9.47. The van der Waals surface area contributed by atoms with E-state index in [1.54, 1.807) is 0 Å². The average Bonchev–Trinajstić information content (AvgIpc) is 2.26. The van der Waals surface area contributed by atoms with E-state index in [1.165, 1.54) is 0 Å². The number of hydrogen-bond acceptors (Lipinski definition) is 3. The van der Waals surface area contributed by atoms with Crippen molar-refractivity contribution >= 4 is 0 Å². The first-order chi connectivity index (χ1) is 7.35. The molecule has 0 aliphatic rings. The number of unbranched alkanes of at least 4 members (excludes halogenated alkanes) is 4. The van der Waals surface area contributed by atoms with Gasteiger partial charge in [0.1, 0.15) is 0 Å². The van der Waals surface area contributed by atoms with Crippen LogP contribution in [0.25, 0.3) is 0 Å². The van der Waals surface area contributed by atoms with Gasteiger partial charge in [-0.05, 0) is 25.7 Å². The molecule has 0 aliphatic heterocycles. The molecule has 3 nitrogen and oxygen atoms in total. The maximum Gasteiger partial charge on any atom is 0.0655 e. The van der Waals surface area contributed by atoms with Crippen LogP contribution in [0.5, 0.6) is 0 Å². The number of nitriles is 3. The number of rotatable bonds is 8. The molecule has 1 unspecified atom stereocenters.